The second-order valence-electron chi connectivity index (χ2n) is 8.42. The minimum Gasteiger partial charge on any atom is -0.324 e. The van der Waals surface area contributed by atoms with Gasteiger partial charge in [0.15, 0.2) is 0 Å². The topological polar surface area (TPSA) is 35.6 Å². The quantitative estimate of drug-likeness (QED) is 0.833. The number of para-hydroxylation sites is 1. The van der Waals surface area contributed by atoms with Crippen LogP contribution >= 0.6 is 0 Å². The van der Waals surface area contributed by atoms with Gasteiger partial charge in [-0.3, -0.25) is 0 Å². The lowest BCUT2D eigenvalue weighted by Crippen LogP contribution is -2.53. The Morgan fingerprint density at radius 2 is 1.68 bits per heavy atom. The number of amides is 2. The molecular formula is C24H31N3O. The highest BCUT2D eigenvalue weighted by Crippen LogP contribution is 2.45. The van der Waals surface area contributed by atoms with E-state index in [4.69, 9.17) is 0 Å². The van der Waals surface area contributed by atoms with Crippen LogP contribution in [0, 0.1) is 5.41 Å². The van der Waals surface area contributed by atoms with Crippen LogP contribution in [0.15, 0.2) is 60.7 Å². The summed E-state index contributed by atoms with van der Waals surface area (Å²) in [6.07, 6.45) is 3.42. The van der Waals surface area contributed by atoms with Crippen LogP contribution in [0.5, 0.6) is 0 Å². The average molecular weight is 378 g/mol. The zero-order chi connectivity index (χ0) is 19.4. The Balaban J connectivity index is 1.41. The van der Waals surface area contributed by atoms with Gasteiger partial charge in [-0.05, 0) is 54.8 Å². The zero-order valence-corrected chi connectivity index (χ0v) is 16.8. The Labute approximate surface area is 168 Å². The number of anilines is 1. The van der Waals surface area contributed by atoms with Crippen LogP contribution < -0.4 is 5.32 Å². The van der Waals surface area contributed by atoms with Gasteiger partial charge in [-0.2, -0.15) is 0 Å². The monoisotopic (exact) mass is 377 g/mol. The third-order valence-corrected chi connectivity index (χ3v) is 6.57. The molecule has 0 bridgehead atoms. The molecule has 148 valence electrons. The summed E-state index contributed by atoms with van der Waals surface area (Å²) < 4.78 is 0. The summed E-state index contributed by atoms with van der Waals surface area (Å²) in [4.78, 5) is 17.2. The van der Waals surface area contributed by atoms with Gasteiger partial charge in [0.25, 0.3) is 0 Å². The van der Waals surface area contributed by atoms with Crippen molar-refractivity contribution in [3.8, 4) is 0 Å². The van der Waals surface area contributed by atoms with Crippen LogP contribution in [0.4, 0.5) is 10.5 Å². The number of hydrogen-bond acceptors (Lipinski definition) is 2. The molecule has 1 N–H and O–H groups in total. The van der Waals surface area contributed by atoms with Gasteiger partial charge in [0, 0.05) is 31.9 Å². The van der Waals surface area contributed by atoms with E-state index in [1.54, 1.807) is 0 Å². The number of nitrogens with zero attached hydrogens (tertiary/aromatic N) is 2. The number of piperidine rings is 2. The van der Waals surface area contributed by atoms with Crippen molar-refractivity contribution in [1.82, 2.24) is 9.80 Å². The van der Waals surface area contributed by atoms with Gasteiger partial charge in [-0.1, -0.05) is 55.5 Å². The maximum atomic E-state index is 12.6. The molecule has 0 aromatic heterocycles. The van der Waals surface area contributed by atoms with Crippen molar-refractivity contribution in [2.24, 2.45) is 5.41 Å². The molecule has 0 aliphatic carbocycles. The van der Waals surface area contributed by atoms with Crippen LogP contribution in [-0.4, -0.2) is 48.6 Å². The second kappa shape index (κ2) is 8.36. The zero-order valence-electron chi connectivity index (χ0n) is 16.8. The van der Waals surface area contributed by atoms with Gasteiger partial charge in [0.1, 0.15) is 0 Å². The van der Waals surface area contributed by atoms with E-state index in [0.29, 0.717) is 11.3 Å². The fraction of sp³-hybridized carbons (Fsp3) is 0.458. The van der Waals surface area contributed by atoms with Crippen LogP contribution in [0.25, 0.3) is 0 Å². The van der Waals surface area contributed by atoms with Gasteiger partial charge in [-0.15, -0.1) is 0 Å². The molecule has 2 saturated heterocycles. The van der Waals surface area contributed by atoms with E-state index >= 15 is 0 Å². The van der Waals surface area contributed by atoms with Gasteiger partial charge in [-0.25, -0.2) is 4.79 Å². The lowest BCUT2D eigenvalue weighted by molar-refractivity contribution is 0.0265. The van der Waals surface area contributed by atoms with E-state index in [9.17, 15) is 4.79 Å². The molecule has 0 radical (unpaired) electrons. The van der Waals surface area contributed by atoms with Crippen molar-refractivity contribution in [1.29, 1.82) is 0 Å². The molecule has 2 aromatic carbocycles. The van der Waals surface area contributed by atoms with Crippen LogP contribution in [0.1, 0.15) is 37.7 Å². The number of carbonyl (C=O) groups excluding carboxylic acids is 1. The molecule has 2 fully saturated rings. The first kappa shape index (κ1) is 19.0. The molecule has 1 spiro atoms. The van der Waals surface area contributed by atoms with Crippen molar-refractivity contribution >= 4 is 11.7 Å². The number of likely N-dealkylation sites (tertiary alicyclic amines) is 2. The van der Waals surface area contributed by atoms with E-state index in [1.165, 1.54) is 18.5 Å². The summed E-state index contributed by atoms with van der Waals surface area (Å²) >= 11 is 0. The smallest absolute Gasteiger partial charge is 0.321 e. The Morgan fingerprint density at radius 3 is 2.32 bits per heavy atom. The molecule has 1 atom stereocenters. The van der Waals surface area contributed by atoms with Crippen LogP contribution in [-0.2, 0) is 0 Å². The predicted molar refractivity (Wildman–Crippen MR) is 115 cm³/mol. The summed E-state index contributed by atoms with van der Waals surface area (Å²) in [6.45, 7) is 7.38. The van der Waals surface area contributed by atoms with Crippen molar-refractivity contribution in [3.63, 3.8) is 0 Å². The number of rotatable bonds is 3. The van der Waals surface area contributed by atoms with Crippen molar-refractivity contribution in [2.45, 2.75) is 32.1 Å². The van der Waals surface area contributed by atoms with Crippen LogP contribution in [0.2, 0.25) is 0 Å². The summed E-state index contributed by atoms with van der Waals surface area (Å²) in [5, 5.41) is 3.03. The molecule has 4 nitrogen and oxygen atoms in total. The molecule has 2 aliphatic heterocycles. The molecule has 2 heterocycles. The Hall–Kier alpha value is -2.33. The summed E-state index contributed by atoms with van der Waals surface area (Å²) in [5.41, 5.74) is 2.66. The molecule has 2 amide bonds. The fourth-order valence-corrected chi connectivity index (χ4v) is 4.96. The number of nitrogens with one attached hydrogen (secondary N) is 1. The number of urea groups is 1. The fourth-order valence-electron chi connectivity index (χ4n) is 4.96. The lowest BCUT2D eigenvalue weighted by Gasteiger charge is -2.50. The average Bonchev–Trinajstić information content (AvgIpc) is 2.75. The van der Waals surface area contributed by atoms with Gasteiger partial charge in [0.2, 0.25) is 0 Å². The maximum absolute atomic E-state index is 12.6. The normalized spacial score (nSPS) is 22.2. The number of benzene rings is 2. The van der Waals surface area contributed by atoms with Crippen molar-refractivity contribution < 1.29 is 4.79 Å². The van der Waals surface area contributed by atoms with Crippen molar-refractivity contribution in [2.75, 3.05) is 38.0 Å². The first-order valence-corrected chi connectivity index (χ1v) is 10.6. The number of likely N-dealkylation sites (N-methyl/N-ethyl adjacent to an activating group) is 1. The molecule has 4 rings (SSSR count). The largest absolute Gasteiger partial charge is 0.324 e. The van der Waals surface area contributed by atoms with Crippen LogP contribution in [0.3, 0.4) is 0 Å². The third kappa shape index (κ3) is 4.22. The van der Waals surface area contributed by atoms with E-state index in [1.807, 2.05) is 35.2 Å². The lowest BCUT2D eigenvalue weighted by atomic mass is 9.68. The molecule has 4 heteroatoms. The van der Waals surface area contributed by atoms with Crippen molar-refractivity contribution in [3.05, 3.63) is 66.2 Å². The standard InChI is InChI=1S/C24H31N3O/c1-2-26-18-21(20-9-5-3-6-10-20)17-24(19-26)13-15-27(16-14-24)23(28)25-22-11-7-4-8-12-22/h3-12,21H,2,13-19H2,1H3,(H,25,28)/t21-/m0/s1. The third-order valence-electron chi connectivity index (χ3n) is 6.57. The molecule has 2 aliphatic rings. The molecule has 28 heavy (non-hydrogen) atoms. The summed E-state index contributed by atoms with van der Waals surface area (Å²) in [7, 11) is 0. The second-order valence-corrected chi connectivity index (χ2v) is 8.42. The SMILES string of the molecule is CCN1C[C@@H](c2ccccc2)CC2(CCN(C(=O)Nc3ccccc3)CC2)C1. The van der Waals surface area contributed by atoms with E-state index in [-0.39, 0.29) is 6.03 Å². The Morgan fingerprint density at radius 1 is 1.04 bits per heavy atom. The highest BCUT2D eigenvalue weighted by atomic mass is 16.2. The van der Waals surface area contributed by atoms with E-state index < -0.39 is 0 Å². The van der Waals surface area contributed by atoms with E-state index in [0.717, 1.165) is 44.7 Å². The van der Waals surface area contributed by atoms with Gasteiger partial charge in [0.05, 0.1) is 0 Å². The highest BCUT2D eigenvalue weighted by molar-refractivity contribution is 5.89. The first-order valence-electron chi connectivity index (χ1n) is 10.6. The summed E-state index contributed by atoms with van der Waals surface area (Å²) in [6, 6.07) is 20.7. The predicted octanol–water partition coefficient (Wildman–Crippen LogP) is 4.81. The van der Waals surface area contributed by atoms with E-state index in [2.05, 4.69) is 47.5 Å². The molecule has 0 saturated carbocycles. The summed E-state index contributed by atoms with van der Waals surface area (Å²) in [5.74, 6) is 0.597. The maximum Gasteiger partial charge on any atom is 0.321 e. The van der Waals surface area contributed by atoms with Gasteiger partial charge >= 0.3 is 6.03 Å². The first-order chi connectivity index (χ1) is 13.7. The Kier molecular flexibility index (Phi) is 5.67. The number of carbonyl (C=O) groups is 1. The Bertz CT molecular complexity index is 769. The molecular weight excluding hydrogens is 346 g/mol. The molecule has 2 aromatic rings. The minimum atomic E-state index is 0.0313. The van der Waals surface area contributed by atoms with Gasteiger partial charge < -0.3 is 15.1 Å². The highest BCUT2D eigenvalue weighted by Gasteiger charge is 2.42. The number of hydrogen-bond donors (Lipinski definition) is 1. The molecule has 0 unspecified atom stereocenters. The minimum absolute atomic E-state index is 0.0313.